The fourth-order valence-corrected chi connectivity index (χ4v) is 3.26. The summed E-state index contributed by atoms with van der Waals surface area (Å²) in [5, 5.41) is 5.70. The second-order valence-corrected chi connectivity index (χ2v) is 6.20. The standard InChI is InChI=1S/C17H19N3S/c1-3-5-19-17(13-7-12(2)9-18-10-13)14-8-16-15(20-11-14)4-6-21-16/h4,6-11,17,19H,3,5H2,1-2H3. The Morgan fingerprint density at radius 3 is 2.86 bits per heavy atom. The van der Waals surface area contributed by atoms with E-state index in [9.17, 15) is 0 Å². The third-order valence-corrected chi connectivity index (χ3v) is 4.34. The predicted molar refractivity (Wildman–Crippen MR) is 88.7 cm³/mol. The average molecular weight is 297 g/mol. The first-order valence-corrected chi connectivity index (χ1v) is 8.14. The lowest BCUT2D eigenvalue weighted by Gasteiger charge is -2.19. The summed E-state index contributed by atoms with van der Waals surface area (Å²) in [6, 6.07) is 6.64. The molecule has 108 valence electrons. The average Bonchev–Trinajstić information content (AvgIpc) is 2.95. The third kappa shape index (κ3) is 3.12. The maximum Gasteiger partial charge on any atom is 0.0809 e. The Bertz CT molecular complexity index is 735. The van der Waals surface area contributed by atoms with Crippen LogP contribution in [0.25, 0.3) is 10.2 Å². The van der Waals surface area contributed by atoms with E-state index in [-0.39, 0.29) is 6.04 Å². The summed E-state index contributed by atoms with van der Waals surface area (Å²) in [5.74, 6) is 0. The van der Waals surface area contributed by atoms with Gasteiger partial charge in [-0.15, -0.1) is 11.3 Å². The van der Waals surface area contributed by atoms with Crippen molar-refractivity contribution in [2.45, 2.75) is 26.3 Å². The maximum absolute atomic E-state index is 4.57. The van der Waals surface area contributed by atoms with E-state index in [1.165, 1.54) is 21.4 Å². The number of fused-ring (bicyclic) bond motifs is 1. The van der Waals surface area contributed by atoms with Crippen LogP contribution in [0.4, 0.5) is 0 Å². The first-order valence-electron chi connectivity index (χ1n) is 7.26. The number of hydrogen-bond donors (Lipinski definition) is 1. The Hall–Kier alpha value is -1.78. The van der Waals surface area contributed by atoms with Crippen LogP contribution in [-0.4, -0.2) is 16.5 Å². The lowest BCUT2D eigenvalue weighted by atomic mass is 10.0. The van der Waals surface area contributed by atoms with Gasteiger partial charge in [0.15, 0.2) is 0 Å². The second kappa shape index (κ2) is 6.33. The molecule has 1 unspecified atom stereocenters. The number of pyridine rings is 2. The summed E-state index contributed by atoms with van der Waals surface area (Å²) in [6.07, 6.45) is 6.91. The van der Waals surface area contributed by atoms with E-state index in [0.717, 1.165) is 18.5 Å². The van der Waals surface area contributed by atoms with Crippen LogP contribution >= 0.6 is 11.3 Å². The molecule has 3 aromatic heterocycles. The van der Waals surface area contributed by atoms with Crippen molar-refractivity contribution in [2.75, 3.05) is 6.54 Å². The van der Waals surface area contributed by atoms with Crippen LogP contribution in [-0.2, 0) is 0 Å². The molecule has 0 amide bonds. The molecule has 21 heavy (non-hydrogen) atoms. The molecule has 0 bridgehead atoms. The van der Waals surface area contributed by atoms with Crippen LogP contribution < -0.4 is 5.32 Å². The van der Waals surface area contributed by atoms with Gasteiger partial charge in [-0.05, 0) is 54.1 Å². The number of hydrogen-bond acceptors (Lipinski definition) is 4. The minimum Gasteiger partial charge on any atom is -0.306 e. The fourth-order valence-electron chi connectivity index (χ4n) is 2.47. The molecule has 0 fully saturated rings. The Kier molecular flexibility index (Phi) is 4.27. The molecule has 0 spiro atoms. The topological polar surface area (TPSA) is 37.8 Å². The van der Waals surface area contributed by atoms with Gasteiger partial charge in [0, 0.05) is 18.6 Å². The van der Waals surface area contributed by atoms with Gasteiger partial charge in [0.2, 0.25) is 0 Å². The molecular formula is C17H19N3S. The Labute approximate surface area is 129 Å². The zero-order chi connectivity index (χ0) is 14.7. The van der Waals surface area contributed by atoms with Crippen molar-refractivity contribution < 1.29 is 0 Å². The molecule has 1 atom stereocenters. The molecule has 0 aromatic carbocycles. The molecule has 0 aliphatic carbocycles. The van der Waals surface area contributed by atoms with E-state index >= 15 is 0 Å². The minimum absolute atomic E-state index is 0.149. The number of aryl methyl sites for hydroxylation is 1. The molecule has 1 N–H and O–H groups in total. The molecule has 0 saturated carbocycles. The van der Waals surface area contributed by atoms with Gasteiger partial charge in [-0.2, -0.15) is 0 Å². The molecule has 3 rings (SSSR count). The summed E-state index contributed by atoms with van der Waals surface area (Å²) in [6.45, 7) is 5.23. The molecule has 3 nitrogen and oxygen atoms in total. The van der Waals surface area contributed by atoms with Crippen LogP contribution in [0, 0.1) is 6.92 Å². The molecular weight excluding hydrogens is 278 g/mol. The molecule has 0 saturated heterocycles. The van der Waals surface area contributed by atoms with Gasteiger partial charge in [0.1, 0.15) is 0 Å². The largest absolute Gasteiger partial charge is 0.306 e. The first kappa shape index (κ1) is 14.2. The summed E-state index contributed by atoms with van der Waals surface area (Å²) >= 11 is 1.74. The van der Waals surface area contributed by atoms with E-state index in [0.29, 0.717) is 0 Å². The van der Waals surface area contributed by atoms with Gasteiger partial charge in [-0.1, -0.05) is 13.0 Å². The van der Waals surface area contributed by atoms with Crippen molar-refractivity contribution >= 4 is 21.6 Å². The Balaban J connectivity index is 2.01. The summed E-state index contributed by atoms with van der Waals surface area (Å²) in [7, 11) is 0. The highest BCUT2D eigenvalue weighted by atomic mass is 32.1. The number of thiophene rings is 1. The monoisotopic (exact) mass is 297 g/mol. The van der Waals surface area contributed by atoms with Crippen LogP contribution in [0.5, 0.6) is 0 Å². The van der Waals surface area contributed by atoms with Gasteiger partial charge >= 0.3 is 0 Å². The summed E-state index contributed by atoms with van der Waals surface area (Å²) < 4.78 is 1.23. The normalized spacial score (nSPS) is 12.7. The van der Waals surface area contributed by atoms with Crippen molar-refractivity contribution in [3.05, 3.63) is 58.9 Å². The first-order chi connectivity index (χ1) is 10.3. The molecule has 0 radical (unpaired) electrons. The molecule has 3 heterocycles. The lowest BCUT2D eigenvalue weighted by molar-refractivity contribution is 0.596. The Morgan fingerprint density at radius 2 is 2.05 bits per heavy atom. The predicted octanol–water partition coefficient (Wildman–Crippen LogP) is 4.09. The number of rotatable bonds is 5. The highest BCUT2D eigenvalue weighted by Gasteiger charge is 2.15. The van der Waals surface area contributed by atoms with Crippen molar-refractivity contribution in [3.63, 3.8) is 0 Å². The summed E-state index contributed by atoms with van der Waals surface area (Å²) in [4.78, 5) is 8.90. The van der Waals surface area contributed by atoms with Crippen LogP contribution in [0.3, 0.4) is 0 Å². The highest BCUT2D eigenvalue weighted by Crippen LogP contribution is 2.26. The van der Waals surface area contributed by atoms with E-state index in [1.54, 1.807) is 11.3 Å². The summed E-state index contributed by atoms with van der Waals surface area (Å²) in [5.41, 5.74) is 4.65. The SMILES string of the molecule is CCCNC(c1cncc(C)c1)c1cnc2ccsc2c1. The lowest BCUT2D eigenvalue weighted by Crippen LogP contribution is -2.23. The van der Waals surface area contributed by atoms with Crippen molar-refractivity contribution in [1.29, 1.82) is 0 Å². The molecule has 0 aliphatic heterocycles. The second-order valence-electron chi connectivity index (χ2n) is 5.26. The molecule has 0 aliphatic rings. The maximum atomic E-state index is 4.57. The van der Waals surface area contributed by atoms with Crippen molar-refractivity contribution in [3.8, 4) is 0 Å². The van der Waals surface area contributed by atoms with Gasteiger partial charge in [0.05, 0.1) is 16.3 Å². The van der Waals surface area contributed by atoms with E-state index in [1.807, 2.05) is 18.6 Å². The quantitative estimate of drug-likeness (QED) is 0.771. The zero-order valence-electron chi connectivity index (χ0n) is 12.3. The fraction of sp³-hybridized carbons (Fsp3) is 0.294. The van der Waals surface area contributed by atoms with E-state index in [2.05, 4.69) is 52.7 Å². The number of aromatic nitrogens is 2. The van der Waals surface area contributed by atoms with Gasteiger partial charge < -0.3 is 5.32 Å². The Morgan fingerprint density at radius 1 is 1.19 bits per heavy atom. The number of nitrogens with zero attached hydrogens (tertiary/aromatic N) is 2. The van der Waals surface area contributed by atoms with Gasteiger partial charge in [-0.3, -0.25) is 9.97 Å². The van der Waals surface area contributed by atoms with Crippen LogP contribution in [0.2, 0.25) is 0 Å². The van der Waals surface area contributed by atoms with Gasteiger partial charge in [-0.25, -0.2) is 0 Å². The molecule has 4 heteroatoms. The highest BCUT2D eigenvalue weighted by molar-refractivity contribution is 7.17. The number of nitrogens with one attached hydrogen (secondary N) is 1. The van der Waals surface area contributed by atoms with Crippen LogP contribution in [0.1, 0.15) is 36.1 Å². The van der Waals surface area contributed by atoms with E-state index < -0.39 is 0 Å². The van der Waals surface area contributed by atoms with Crippen molar-refractivity contribution in [2.24, 2.45) is 0 Å². The third-order valence-electron chi connectivity index (χ3n) is 3.49. The van der Waals surface area contributed by atoms with Crippen LogP contribution in [0.15, 0.2) is 42.2 Å². The zero-order valence-corrected chi connectivity index (χ0v) is 13.2. The van der Waals surface area contributed by atoms with Gasteiger partial charge in [0.25, 0.3) is 0 Å². The van der Waals surface area contributed by atoms with Crippen molar-refractivity contribution in [1.82, 2.24) is 15.3 Å². The molecule has 3 aromatic rings. The minimum atomic E-state index is 0.149. The van der Waals surface area contributed by atoms with E-state index in [4.69, 9.17) is 0 Å². The smallest absolute Gasteiger partial charge is 0.0809 e.